The standard InChI is InChI=1S/C82H160O17P2/c1-6-9-12-15-18-21-24-27-29-30-31-32-33-34-35-36-39-42-47-53-58-63-68-82(87)98-77(71-92-79(84)65-60-55-50-45-40-38-28-25-22-19-16-13-10-7-2)73-96-100(88,89)94-69-76(83)70-95-101(90,91)97-74-78(72-93-80(85)66-61-56-51-48-43-44-49-54-59-64-75(4)5)99-81(86)67-62-57-52-46-41-37-26-23-20-17-14-11-8-3/h75-78,83H,6-74H2,1-5H3,(H,88,89)(H,90,91)/t76-,77-,78-/m1/s1. The molecule has 0 radical (unpaired) electrons. The molecule has 19 heteroatoms. The van der Waals surface area contributed by atoms with Gasteiger partial charge in [0.15, 0.2) is 12.2 Å². The van der Waals surface area contributed by atoms with E-state index in [0.717, 1.165) is 95.8 Å². The minimum Gasteiger partial charge on any atom is -0.462 e. The maximum absolute atomic E-state index is 13.1. The predicted octanol–water partition coefficient (Wildman–Crippen LogP) is 24.8. The van der Waals surface area contributed by atoms with Gasteiger partial charge in [0, 0.05) is 25.7 Å². The molecule has 17 nitrogen and oxygen atoms in total. The number of aliphatic hydroxyl groups is 1. The van der Waals surface area contributed by atoms with Gasteiger partial charge in [-0.05, 0) is 31.6 Å². The minimum absolute atomic E-state index is 0.108. The quantitative estimate of drug-likeness (QED) is 0.0222. The zero-order chi connectivity index (χ0) is 74.1. The number of rotatable bonds is 82. The molecular weight excluding hydrogens is 1320 g/mol. The Morgan fingerprint density at radius 3 is 0.673 bits per heavy atom. The molecule has 0 fully saturated rings. The summed E-state index contributed by atoms with van der Waals surface area (Å²) >= 11 is 0. The summed E-state index contributed by atoms with van der Waals surface area (Å²) in [5, 5.41) is 10.6. The summed E-state index contributed by atoms with van der Waals surface area (Å²) in [5.41, 5.74) is 0. The van der Waals surface area contributed by atoms with Gasteiger partial charge >= 0.3 is 39.5 Å². The fraction of sp³-hybridized carbons (Fsp3) is 0.951. The van der Waals surface area contributed by atoms with Crippen molar-refractivity contribution in [1.29, 1.82) is 0 Å². The fourth-order valence-electron chi connectivity index (χ4n) is 12.8. The Kier molecular flexibility index (Phi) is 73.5. The van der Waals surface area contributed by atoms with Crippen molar-refractivity contribution in [2.75, 3.05) is 39.6 Å². The van der Waals surface area contributed by atoms with Gasteiger partial charge in [0.2, 0.25) is 0 Å². The van der Waals surface area contributed by atoms with E-state index in [0.29, 0.717) is 25.7 Å². The molecule has 0 saturated heterocycles. The predicted molar refractivity (Wildman–Crippen MR) is 414 cm³/mol. The Morgan fingerprint density at radius 2 is 0.455 bits per heavy atom. The van der Waals surface area contributed by atoms with Crippen LogP contribution in [0.15, 0.2) is 0 Å². The highest BCUT2D eigenvalue weighted by atomic mass is 31.2. The molecule has 2 unspecified atom stereocenters. The van der Waals surface area contributed by atoms with Crippen LogP contribution in [0.5, 0.6) is 0 Å². The summed E-state index contributed by atoms with van der Waals surface area (Å²) in [7, 11) is -9.92. The summed E-state index contributed by atoms with van der Waals surface area (Å²) in [6, 6.07) is 0. The minimum atomic E-state index is -4.96. The van der Waals surface area contributed by atoms with Crippen LogP contribution in [0.2, 0.25) is 0 Å². The molecule has 0 saturated carbocycles. The van der Waals surface area contributed by atoms with Crippen molar-refractivity contribution in [3.8, 4) is 0 Å². The summed E-state index contributed by atoms with van der Waals surface area (Å²) in [4.78, 5) is 73.0. The molecule has 101 heavy (non-hydrogen) atoms. The van der Waals surface area contributed by atoms with Crippen LogP contribution in [0, 0.1) is 5.92 Å². The van der Waals surface area contributed by atoms with Crippen molar-refractivity contribution in [2.45, 2.75) is 457 Å². The highest BCUT2D eigenvalue weighted by Gasteiger charge is 2.30. The topological polar surface area (TPSA) is 237 Å². The zero-order valence-corrected chi connectivity index (χ0v) is 67.8. The average Bonchev–Trinajstić information content (AvgIpc) is 0.949. The average molecular weight is 1480 g/mol. The van der Waals surface area contributed by atoms with Gasteiger partial charge in [0.1, 0.15) is 19.3 Å². The lowest BCUT2D eigenvalue weighted by Crippen LogP contribution is -2.30. The van der Waals surface area contributed by atoms with Gasteiger partial charge in [-0.25, -0.2) is 9.13 Å². The molecule has 5 atom stereocenters. The largest absolute Gasteiger partial charge is 0.472 e. The van der Waals surface area contributed by atoms with Crippen molar-refractivity contribution in [3.63, 3.8) is 0 Å². The number of esters is 4. The molecule has 0 rings (SSSR count). The lowest BCUT2D eigenvalue weighted by atomic mass is 10.0. The number of aliphatic hydroxyl groups excluding tert-OH is 1. The van der Waals surface area contributed by atoms with E-state index in [9.17, 15) is 43.2 Å². The number of phosphoric acid groups is 2. The first-order chi connectivity index (χ1) is 49.0. The second kappa shape index (κ2) is 74.9. The number of ether oxygens (including phenoxy) is 4. The van der Waals surface area contributed by atoms with Gasteiger partial charge in [-0.2, -0.15) is 0 Å². The molecule has 0 heterocycles. The Hall–Kier alpha value is -1.94. The normalized spacial score (nSPS) is 13.8. The van der Waals surface area contributed by atoms with Crippen molar-refractivity contribution in [2.24, 2.45) is 5.92 Å². The third-order valence-electron chi connectivity index (χ3n) is 19.3. The second-order valence-corrected chi connectivity index (χ2v) is 32.9. The first-order valence-electron chi connectivity index (χ1n) is 42.6. The summed E-state index contributed by atoms with van der Waals surface area (Å²) < 4.78 is 68.7. The highest BCUT2D eigenvalue weighted by Crippen LogP contribution is 2.45. The first kappa shape index (κ1) is 99.1. The zero-order valence-electron chi connectivity index (χ0n) is 66.1. The third kappa shape index (κ3) is 76.1. The van der Waals surface area contributed by atoms with Crippen molar-refractivity contribution < 1.29 is 80.2 Å². The SMILES string of the molecule is CCCCCCCCCCCCCCCCCCCCCCCCC(=O)O[C@H](COC(=O)CCCCCCCCCCCCCCCC)COP(=O)(O)OC[C@@H](O)COP(=O)(O)OC[C@@H](COC(=O)CCCCCCCCCCCC(C)C)OC(=O)CCCCCCCCCCCCCCC. The molecule has 600 valence electrons. The summed E-state index contributed by atoms with van der Waals surface area (Å²) in [5.74, 6) is -1.36. The monoisotopic (exact) mass is 1480 g/mol. The van der Waals surface area contributed by atoms with Crippen molar-refractivity contribution >= 4 is 39.5 Å². The fourth-order valence-corrected chi connectivity index (χ4v) is 14.3. The molecule has 3 N–H and O–H groups in total. The molecule has 0 aromatic heterocycles. The van der Waals surface area contributed by atoms with Crippen LogP contribution in [0.25, 0.3) is 0 Å². The van der Waals surface area contributed by atoms with Gasteiger partial charge in [-0.1, -0.05) is 388 Å². The van der Waals surface area contributed by atoms with Gasteiger partial charge in [0.25, 0.3) is 0 Å². The maximum atomic E-state index is 13.1. The van der Waals surface area contributed by atoms with Gasteiger partial charge in [-0.3, -0.25) is 37.3 Å². The van der Waals surface area contributed by atoms with E-state index >= 15 is 0 Å². The van der Waals surface area contributed by atoms with Crippen LogP contribution < -0.4 is 0 Å². The van der Waals surface area contributed by atoms with E-state index in [1.165, 1.54) is 263 Å². The molecule has 0 aliphatic heterocycles. The molecule has 0 aromatic rings. The smallest absolute Gasteiger partial charge is 0.462 e. The number of phosphoric ester groups is 2. The molecule has 0 bridgehead atoms. The Bertz CT molecular complexity index is 1930. The highest BCUT2D eigenvalue weighted by molar-refractivity contribution is 7.47. The van der Waals surface area contributed by atoms with E-state index < -0.39 is 97.5 Å². The van der Waals surface area contributed by atoms with Crippen LogP contribution in [-0.2, 0) is 65.4 Å². The number of unbranched alkanes of at least 4 members (excludes halogenated alkanes) is 54. The maximum Gasteiger partial charge on any atom is 0.472 e. The molecule has 0 spiro atoms. The number of carbonyl (C=O) groups is 4. The molecule has 0 amide bonds. The molecule has 0 aliphatic rings. The van der Waals surface area contributed by atoms with Crippen LogP contribution in [0.4, 0.5) is 0 Å². The number of carbonyl (C=O) groups excluding carboxylic acids is 4. The van der Waals surface area contributed by atoms with Gasteiger partial charge in [-0.15, -0.1) is 0 Å². The van der Waals surface area contributed by atoms with Crippen LogP contribution >= 0.6 is 15.6 Å². The Morgan fingerprint density at radius 1 is 0.267 bits per heavy atom. The van der Waals surface area contributed by atoms with Crippen LogP contribution in [0.3, 0.4) is 0 Å². The van der Waals surface area contributed by atoms with Crippen LogP contribution in [-0.4, -0.2) is 96.7 Å². The third-order valence-corrected chi connectivity index (χ3v) is 21.2. The first-order valence-corrected chi connectivity index (χ1v) is 45.6. The van der Waals surface area contributed by atoms with E-state index in [1.54, 1.807) is 0 Å². The summed E-state index contributed by atoms with van der Waals surface area (Å²) in [6.07, 6.45) is 66.6. The van der Waals surface area contributed by atoms with Crippen molar-refractivity contribution in [3.05, 3.63) is 0 Å². The van der Waals surface area contributed by atoms with E-state index in [2.05, 4.69) is 34.6 Å². The van der Waals surface area contributed by atoms with Crippen molar-refractivity contribution in [1.82, 2.24) is 0 Å². The van der Waals surface area contributed by atoms with Gasteiger partial charge in [0.05, 0.1) is 26.4 Å². The number of hydrogen-bond donors (Lipinski definition) is 3. The van der Waals surface area contributed by atoms with E-state index in [4.69, 9.17) is 37.0 Å². The summed E-state index contributed by atoms with van der Waals surface area (Å²) in [6.45, 7) is 7.32. The molecule has 0 aliphatic carbocycles. The lowest BCUT2D eigenvalue weighted by Gasteiger charge is -2.21. The van der Waals surface area contributed by atoms with E-state index in [1.807, 2.05) is 0 Å². The van der Waals surface area contributed by atoms with E-state index in [-0.39, 0.29) is 25.7 Å². The lowest BCUT2D eigenvalue weighted by molar-refractivity contribution is -0.161. The molecule has 0 aromatic carbocycles. The van der Waals surface area contributed by atoms with Crippen LogP contribution in [0.1, 0.15) is 439 Å². The Balaban J connectivity index is 5.21. The number of hydrogen-bond acceptors (Lipinski definition) is 15. The van der Waals surface area contributed by atoms with Gasteiger partial charge < -0.3 is 33.8 Å². The molecular formula is C82H160O17P2. The second-order valence-electron chi connectivity index (χ2n) is 30.0. The Labute approximate surface area is 619 Å².